The van der Waals surface area contributed by atoms with E-state index in [2.05, 4.69) is 14.9 Å². The molecule has 0 aliphatic rings. The third kappa shape index (κ3) is 2.94. The van der Waals surface area contributed by atoms with Crippen LogP contribution in [0.3, 0.4) is 0 Å². The Morgan fingerprint density at radius 3 is 2.88 bits per heavy atom. The van der Waals surface area contributed by atoms with E-state index in [0.717, 1.165) is 6.20 Å². The Balaban J connectivity index is 2.67. The van der Waals surface area contributed by atoms with Crippen LogP contribution in [0.1, 0.15) is 6.92 Å². The second-order valence-corrected chi connectivity index (χ2v) is 4.51. The molecule has 0 saturated heterocycles. The molecule has 90 valence electrons. The van der Waals surface area contributed by atoms with Crippen LogP contribution in [0.5, 0.6) is 0 Å². The first-order valence-electron chi connectivity index (χ1n) is 4.41. The lowest BCUT2D eigenvalue weighted by Gasteiger charge is -2.04. The standard InChI is InChI=1S/C7H12N4O4S/c1-2-15-6(12)4-10-16(13,14)5-3-9-11-7(5)8/h3,10H,2,4H2,1H3,(H3,8,9,11). The molecule has 0 bridgehead atoms. The summed E-state index contributed by atoms with van der Waals surface area (Å²) >= 11 is 0. The number of rotatable bonds is 5. The van der Waals surface area contributed by atoms with E-state index in [1.165, 1.54) is 0 Å². The van der Waals surface area contributed by atoms with Gasteiger partial charge < -0.3 is 10.5 Å². The van der Waals surface area contributed by atoms with Gasteiger partial charge in [0, 0.05) is 0 Å². The number of carbonyl (C=O) groups excluding carboxylic acids is 1. The Hall–Kier alpha value is -1.61. The summed E-state index contributed by atoms with van der Waals surface area (Å²) in [6.45, 7) is 1.37. The minimum Gasteiger partial charge on any atom is -0.465 e. The van der Waals surface area contributed by atoms with Crippen LogP contribution in [0.25, 0.3) is 0 Å². The molecule has 0 amide bonds. The molecule has 1 aromatic rings. The second-order valence-electron chi connectivity index (χ2n) is 2.78. The SMILES string of the molecule is CCOC(=O)CNS(=O)(=O)c1cn[nH]c1N. The first-order valence-corrected chi connectivity index (χ1v) is 5.90. The zero-order valence-corrected chi connectivity index (χ0v) is 9.37. The number of nitrogen functional groups attached to an aromatic ring is 1. The number of aromatic amines is 1. The van der Waals surface area contributed by atoms with E-state index < -0.39 is 22.5 Å². The van der Waals surface area contributed by atoms with Crippen LogP contribution in [0, 0.1) is 0 Å². The number of ether oxygens (including phenoxy) is 1. The van der Waals surface area contributed by atoms with E-state index in [-0.39, 0.29) is 17.3 Å². The van der Waals surface area contributed by atoms with Crippen LogP contribution in [0.4, 0.5) is 5.82 Å². The maximum Gasteiger partial charge on any atom is 0.321 e. The van der Waals surface area contributed by atoms with Crippen molar-refractivity contribution >= 4 is 21.8 Å². The highest BCUT2D eigenvalue weighted by Crippen LogP contribution is 2.12. The average molecular weight is 248 g/mol. The molecule has 1 rings (SSSR count). The normalized spacial score (nSPS) is 11.3. The van der Waals surface area contributed by atoms with E-state index in [1.807, 2.05) is 4.72 Å². The molecule has 16 heavy (non-hydrogen) atoms. The number of sulfonamides is 1. The minimum absolute atomic E-state index is 0.0867. The van der Waals surface area contributed by atoms with Gasteiger partial charge in [0.25, 0.3) is 0 Å². The van der Waals surface area contributed by atoms with Crippen molar-refractivity contribution in [1.29, 1.82) is 0 Å². The van der Waals surface area contributed by atoms with Crippen molar-refractivity contribution in [3.63, 3.8) is 0 Å². The van der Waals surface area contributed by atoms with E-state index in [0.29, 0.717) is 0 Å². The van der Waals surface area contributed by atoms with Crippen molar-refractivity contribution in [2.75, 3.05) is 18.9 Å². The lowest BCUT2D eigenvalue weighted by Crippen LogP contribution is -2.30. The van der Waals surface area contributed by atoms with Gasteiger partial charge in [0.2, 0.25) is 10.0 Å². The van der Waals surface area contributed by atoms with Crippen molar-refractivity contribution in [1.82, 2.24) is 14.9 Å². The van der Waals surface area contributed by atoms with E-state index in [9.17, 15) is 13.2 Å². The number of hydrogen-bond donors (Lipinski definition) is 3. The summed E-state index contributed by atoms with van der Waals surface area (Å²) < 4.78 is 29.7. The summed E-state index contributed by atoms with van der Waals surface area (Å²) in [6, 6.07) is 0. The van der Waals surface area contributed by atoms with Crippen LogP contribution >= 0.6 is 0 Å². The summed E-state index contributed by atoms with van der Waals surface area (Å²) in [6.07, 6.45) is 1.06. The van der Waals surface area contributed by atoms with Crippen molar-refractivity contribution in [2.24, 2.45) is 0 Å². The number of carbonyl (C=O) groups is 1. The van der Waals surface area contributed by atoms with Crippen LogP contribution in [0.2, 0.25) is 0 Å². The highest BCUT2D eigenvalue weighted by molar-refractivity contribution is 7.89. The fraction of sp³-hybridized carbons (Fsp3) is 0.429. The fourth-order valence-corrected chi connectivity index (χ4v) is 1.93. The topological polar surface area (TPSA) is 127 Å². The molecule has 0 atom stereocenters. The molecule has 0 spiro atoms. The number of nitrogens with zero attached hydrogens (tertiary/aromatic N) is 1. The Morgan fingerprint density at radius 2 is 2.38 bits per heavy atom. The zero-order chi connectivity index (χ0) is 12.2. The number of anilines is 1. The number of aromatic nitrogens is 2. The number of esters is 1. The van der Waals surface area contributed by atoms with Gasteiger partial charge in [0.05, 0.1) is 12.8 Å². The van der Waals surface area contributed by atoms with Crippen LogP contribution in [-0.2, 0) is 19.6 Å². The van der Waals surface area contributed by atoms with Crippen LogP contribution < -0.4 is 10.5 Å². The molecule has 0 fully saturated rings. The zero-order valence-electron chi connectivity index (χ0n) is 8.56. The minimum atomic E-state index is -3.83. The van der Waals surface area contributed by atoms with Crippen LogP contribution in [0.15, 0.2) is 11.1 Å². The van der Waals surface area contributed by atoms with E-state index in [1.54, 1.807) is 6.92 Å². The lowest BCUT2D eigenvalue weighted by molar-refractivity contribution is -0.141. The summed E-state index contributed by atoms with van der Waals surface area (Å²) in [5.74, 6) is -0.746. The maximum absolute atomic E-state index is 11.6. The maximum atomic E-state index is 11.6. The van der Waals surface area contributed by atoms with Gasteiger partial charge in [-0.15, -0.1) is 0 Å². The van der Waals surface area contributed by atoms with E-state index in [4.69, 9.17) is 5.73 Å². The van der Waals surface area contributed by atoms with Crippen molar-refractivity contribution in [2.45, 2.75) is 11.8 Å². The largest absolute Gasteiger partial charge is 0.465 e. The summed E-state index contributed by atoms with van der Waals surface area (Å²) in [5, 5.41) is 5.75. The van der Waals surface area contributed by atoms with Crippen molar-refractivity contribution < 1.29 is 17.9 Å². The smallest absolute Gasteiger partial charge is 0.321 e. The molecule has 0 aliphatic carbocycles. The van der Waals surface area contributed by atoms with Gasteiger partial charge in [-0.3, -0.25) is 9.89 Å². The molecule has 1 heterocycles. The molecular weight excluding hydrogens is 236 g/mol. The predicted molar refractivity (Wildman–Crippen MR) is 54.8 cm³/mol. The van der Waals surface area contributed by atoms with Gasteiger partial charge in [-0.05, 0) is 6.92 Å². The number of nitrogens with one attached hydrogen (secondary N) is 2. The number of H-pyrrole nitrogens is 1. The average Bonchev–Trinajstić information content (AvgIpc) is 2.63. The summed E-state index contributed by atoms with van der Waals surface area (Å²) in [5.41, 5.74) is 5.34. The molecule has 9 heteroatoms. The number of nitrogens with two attached hydrogens (primary N) is 1. The van der Waals surface area contributed by atoms with Gasteiger partial charge in [-0.2, -0.15) is 9.82 Å². The van der Waals surface area contributed by atoms with Crippen molar-refractivity contribution in [3.05, 3.63) is 6.20 Å². The monoisotopic (exact) mass is 248 g/mol. The van der Waals surface area contributed by atoms with E-state index >= 15 is 0 Å². The predicted octanol–water partition coefficient (Wildman–Crippen LogP) is -1.17. The molecule has 0 aliphatic heterocycles. The molecule has 0 saturated carbocycles. The number of hydrogen-bond acceptors (Lipinski definition) is 6. The summed E-state index contributed by atoms with van der Waals surface area (Å²) in [7, 11) is -3.83. The van der Waals surface area contributed by atoms with Crippen LogP contribution in [-0.4, -0.2) is 37.7 Å². The lowest BCUT2D eigenvalue weighted by atomic mass is 10.7. The molecule has 0 aromatic carbocycles. The molecular formula is C7H12N4O4S. The van der Waals surface area contributed by atoms with Gasteiger partial charge in [0.1, 0.15) is 17.3 Å². The Kier molecular flexibility index (Phi) is 3.85. The Labute approximate surface area is 92.2 Å². The Morgan fingerprint density at radius 1 is 1.69 bits per heavy atom. The highest BCUT2D eigenvalue weighted by Gasteiger charge is 2.20. The summed E-state index contributed by atoms with van der Waals surface area (Å²) in [4.78, 5) is 10.7. The van der Waals surface area contributed by atoms with Gasteiger partial charge in [0.15, 0.2) is 0 Å². The van der Waals surface area contributed by atoms with Gasteiger partial charge >= 0.3 is 5.97 Å². The van der Waals surface area contributed by atoms with Crippen molar-refractivity contribution in [3.8, 4) is 0 Å². The van der Waals surface area contributed by atoms with Gasteiger partial charge in [-0.1, -0.05) is 0 Å². The highest BCUT2D eigenvalue weighted by atomic mass is 32.2. The third-order valence-electron chi connectivity index (χ3n) is 1.63. The molecule has 1 aromatic heterocycles. The fourth-order valence-electron chi connectivity index (χ4n) is 0.943. The first-order chi connectivity index (χ1) is 7.47. The molecule has 4 N–H and O–H groups in total. The third-order valence-corrected chi connectivity index (χ3v) is 3.06. The molecule has 0 radical (unpaired) electrons. The second kappa shape index (κ2) is 4.94. The quantitative estimate of drug-likeness (QED) is 0.563. The molecule has 8 nitrogen and oxygen atoms in total. The Bertz CT molecular complexity index is 466. The molecule has 0 unspecified atom stereocenters. The first kappa shape index (κ1) is 12.5. The van der Waals surface area contributed by atoms with Gasteiger partial charge in [-0.25, -0.2) is 8.42 Å².